The van der Waals surface area contributed by atoms with Crippen LogP contribution in [0.4, 0.5) is 5.69 Å². The van der Waals surface area contributed by atoms with Gasteiger partial charge in [-0.1, -0.05) is 50.0 Å². The zero-order valence-corrected chi connectivity index (χ0v) is 19.9. The van der Waals surface area contributed by atoms with Crippen LogP contribution >= 0.6 is 24.0 Å². The molecule has 1 fully saturated rings. The Bertz CT molecular complexity index is 1010. The summed E-state index contributed by atoms with van der Waals surface area (Å²) in [6.45, 7) is 7.42. The maximum absolute atomic E-state index is 12.2. The second kappa shape index (κ2) is 12.0. The number of benzene rings is 2. The van der Waals surface area contributed by atoms with Gasteiger partial charge in [-0.3, -0.25) is 14.5 Å². The molecule has 3 rings (SSSR count). The van der Waals surface area contributed by atoms with Gasteiger partial charge in [-0.2, -0.15) is 0 Å². The molecule has 1 aliphatic rings. The Morgan fingerprint density at radius 2 is 1.84 bits per heavy atom. The molecule has 0 atom stereocenters. The molecule has 9 heteroatoms. The number of ether oxygens (including phenoxy) is 1. The van der Waals surface area contributed by atoms with E-state index in [0.717, 1.165) is 17.5 Å². The van der Waals surface area contributed by atoms with Gasteiger partial charge < -0.3 is 9.84 Å². The third kappa shape index (κ3) is 6.08. The van der Waals surface area contributed by atoms with Crippen LogP contribution in [0.1, 0.15) is 41.8 Å². The summed E-state index contributed by atoms with van der Waals surface area (Å²) in [7, 11) is 0. The fourth-order valence-electron chi connectivity index (χ4n) is 3.10. The summed E-state index contributed by atoms with van der Waals surface area (Å²) in [6, 6.07) is 10.5. The maximum Gasteiger partial charge on any atom is 0.270 e. The van der Waals surface area contributed by atoms with E-state index in [1.165, 1.54) is 23.6 Å². The van der Waals surface area contributed by atoms with Crippen LogP contribution in [0.2, 0.25) is 0 Å². The number of carbonyl (C=O) groups is 2. The van der Waals surface area contributed by atoms with Crippen molar-refractivity contribution in [1.29, 1.82) is 0 Å². The number of ketones is 1. The van der Waals surface area contributed by atoms with Gasteiger partial charge in [0.1, 0.15) is 18.1 Å². The van der Waals surface area contributed by atoms with E-state index in [0.29, 0.717) is 32.6 Å². The summed E-state index contributed by atoms with van der Waals surface area (Å²) in [5.41, 5.74) is 2.56. The van der Waals surface area contributed by atoms with Crippen molar-refractivity contribution >= 4 is 83.4 Å². The third-order valence-corrected chi connectivity index (χ3v) is 5.79. The molecule has 152 valence electrons. The average Bonchev–Trinajstić information content (AvgIpc) is 2.94. The number of rotatable bonds is 7. The molecule has 31 heavy (non-hydrogen) atoms. The molecule has 0 spiro atoms. The van der Waals surface area contributed by atoms with Crippen LogP contribution in [0.3, 0.4) is 0 Å². The van der Waals surface area contributed by atoms with Crippen LogP contribution in [0, 0.1) is 0 Å². The van der Waals surface area contributed by atoms with Crippen LogP contribution in [0.5, 0.6) is 11.5 Å². The predicted molar refractivity (Wildman–Crippen MR) is 131 cm³/mol. The number of phenols is 1. The Balaban J connectivity index is 0.00000240. The van der Waals surface area contributed by atoms with E-state index < -0.39 is 0 Å². The molecule has 0 unspecified atom stereocenters. The van der Waals surface area contributed by atoms with Gasteiger partial charge in [-0.15, -0.1) is 0 Å². The molecule has 1 amide bonds. The fourth-order valence-corrected chi connectivity index (χ4v) is 4.26. The van der Waals surface area contributed by atoms with Crippen molar-refractivity contribution < 1.29 is 19.4 Å². The van der Waals surface area contributed by atoms with Gasteiger partial charge in [0.25, 0.3) is 5.91 Å². The van der Waals surface area contributed by atoms with Gasteiger partial charge in [-0.25, -0.2) is 0 Å². The molecule has 1 N–H and O–H groups in total. The molecule has 1 saturated heterocycles. The number of thioether (sulfide) groups is 1. The molecule has 2 aromatic carbocycles. The van der Waals surface area contributed by atoms with Crippen LogP contribution in [0.25, 0.3) is 0 Å². The molecule has 0 saturated carbocycles. The summed E-state index contributed by atoms with van der Waals surface area (Å²) in [5.74, 6) is 0.280. The van der Waals surface area contributed by atoms with Crippen LogP contribution < -0.4 is 9.64 Å². The van der Waals surface area contributed by atoms with Crippen LogP contribution in [-0.4, -0.2) is 58.8 Å². The first-order valence-electron chi connectivity index (χ1n) is 9.16. The summed E-state index contributed by atoms with van der Waals surface area (Å²) >= 11 is 6.42. The Labute approximate surface area is 216 Å². The smallest absolute Gasteiger partial charge is 0.270 e. The monoisotopic (exact) mass is 441 g/mol. The van der Waals surface area contributed by atoms with Gasteiger partial charge >= 0.3 is 0 Å². The SMILES string of the molecule is C=C1SC(=S)N(c2ccc(OCc3ccc(C(C)=O)c(O)c3CCC)cc2)C1=O.[Li].[Li]. The Morgan fingerprint density at radius 3 is 2.35 bits per heavy atom. The number of aromatic hydroxyl groups is 1. The van der Waals surface area contributed by atoms with E-state index in [1.807, 2.05) is 13.0 Å². The fraction of sp³-hybridized carbons (Fsp3) is 0.227. The third-order valence-electron chi connectivity index (χ3n) is 4.58. The number of anilines is 1. The molecular formula is C22H21Li2NO4S2. The van der Waals surface area contributed by atoms with Crippen molar-refractivity contribution in [3.05, 3.63) is 64.6 Å². The van der Waals surface area contributed by atoms with Crippen molar-refractivity contribution in [1.82, 2.24) is 0 Å². The Morgan fingerprint density at radius 1 is 1.19 bits per heavy atom. The molecule has 2 aromatic rings. The second-order valence-corrected chi connectivity index (χ2v) is 8.35. The minimum Gasteiger partial charge on any atom is -0.507 e. The molecule has 0 aromatic heterocycles. The van der Waals surface area contributed by atoms with Gasteiger partial charge in [-0.05, 0) is 49.2 Å². The van der Waals surface area contributed by atoms with Crippen molar-refractivity contribution in [3.8, 4) is 11.5 Å². The number of hydrogen-bond donors (Lipinski definition) is 1. The second-order valence-electron chi connectivity index (χ2n) is 6.62. The number of carbonyl (C=O) groups excluding carboxylic acids is 2. The van der Waals surface area contributed by atoms with Gasteiger partial charge in [0.05, 0.1) is 16.2 Å². The zero-order valence-electron chi connectivity index (χ0n) is 18.2. The number of nitrogens with zero attached hydrogens (tertiary/aromatic N) is 1. The number of Topliss-reactive ketones (excluding diaryl/α,β-unsaturated/α-hetero) is 1. The van der Waals surface area contributed by atoms with E-state index >= 15 is 0 Å². The molecule has 0 bridgehead atoms. The molecule has 1 heterocycles. The van der Waals surface area contributed by atoms with Crippen LogP contribution in [0.15, 0.2) is 47.9 Å². The first-order chi connectivity index (χ1) is 13.8. The van der Waals surface area contributed by atoms with E-state index in [2.05, 4.69) is 6.58 Å². The van der Waals surface area contributed by atoms with Crippen molar-refractivity contribution in [3.63, 3.8) is 0 Å². The minimum atomic E-state index is -0.209. The summed E-state index contributed by atoms with van der Waals surface area (Å²) in [4.78, 5) is 25.7. The minimum absolute atomic E-state index is 0. The average molecular weight is 441 g/mol. The molecular weight excluding hydrogens is 420 g/mol. The van der Waals surface area contributed by atoms with Crippen LogP contribution in [-0.2, 0) is 17.8 Å². The van der Waals surface area contributed by atoms with Crippen molar-refractivity contribution in [2.45, 2.75) is 33.3 Å². The predicted octanol–water partition coefficient (Wildman–Crippen LogP) is 4.24. The number of hydrogen-bond acceptors (Lipinski definition) is 6. The first kappa shape index (κ1) is 27.6. The normalized spacial score (nSPS) is 13.0. The zero-order chi connectivity index (χ0) is 21.1. The summed E-state index contributed by atoms with van der Waals surface area (Å²) in [5, 5.41) is 10.5. The van der Waals surface area contributed by atoms with Gasteiger partial charge in [0.2, 0.25) is 0 Å². The molecule has 0 aliphatic carbocycles. The van der Waals surface area contributed by atoms with Gasteiger partial charge in [0, 0.05) is 43.3 Å². The summed E-state index contributed by atoms with van der Waals surface area (Å²) < 4.78 is 6.33. The Hall–Kier alpha value is -1.45. The van der Waals surface area contributed by atoms with E-state index in [1.54, 1.807) is 30.3 Å². The van der Waals surface area contributed by atoms with Gasteiger partial charge in [0.15, 0.2) is 10.1 Å². The maximum atomic E-state index is 12.2. The summed E-state index contributed by atoms with van der Waals surface area (Å²) in [6.07, 6.45) is 1.49. The topological polar surface area (TPSA) is 66.8 Å². The number of phenolic OH excluding ortho intramolecular Hbond substituents is 1. The van der Waals surface area contributed by atoms with E-state index in [9.17, 15) is 14.7 Å². The van der Waals surface area contributed by atoms with Crippen molar-refractivity contribution in [2.75, 3.05) is 4.90 Å². The van der Waals surface area contributed by atoms with E-state index in [-0.39, 0.29) is 61.8 Å². The molecule has 5 nitrogen and oxygen atoms in total. The first-order valence-corrected chi connectivity index (χ1v) is 10.4. The largest absolute Gasteiger partial charge is 0.507 e. The number of thiocarbonyl (C=S) groups is 1. The number of amides is 1. The Kier molecular flexibility index (Phi) is 10.7. The van der Waals surface area contributed by atoms with Crippen molar-refractivity contribution in [2.24, 2.45) is 0 Å². The quantitative estimate of drug-likeness (QED) is 0.300. The molecule has 1 aliphatic heterocycles. The van der Waals surface area contributed by atoms with E-state index in [4.69, 9.17) is 17.0 Å². The standard InChI is InChI=1S/C22H21NO4S2.2Li/c1-4-5-19-15(6-11-18(13(2)24)20(19)25)12-27-17-9-7-16(8-10-17)23-21(26)14(3)29-22(23)28;;/h6-11,25H,3-5,12H2,1-2H3;;. The molecule has 2 radical (unpaired) electrons.